The van der Waals surface area contributed by atoms with Crippen molar-refractivity contribution >= 4 is 21.6 Å². The molecule has 0 saturated carbocycles. The van der Waals surface area contributed by atoms with Gasteiger partial charge < -0.3 is 5.32 Å². The van der Waals surface area contributed by atoms with Crippen LogP contribution in [0.25, 0.3) is 0 Å². The summed E-state index contributed by atoms with van der Waals surface area (Å²) in [6.45, 7) is 4.50. The van der Waals surface area contributed by atoms with Crippen LogP contribution in [0.5, 0.6) is 0 Å². The fourth-order valence-electron chi connectivity index (χ4n) is 2.54. The van der Waals surface area contributed by atoms with Crippen molar-refractivity contribution in [2.24, 2.45) is 0 Å². The minimum absolute atomic E-state index is 0.159. The molecule has 2 aromatic rings. The van der Waals surface area contributed by atoms with E-state index in [1.54, 1.807) is 26.0 Å². The number of nitro groups is 1. The maximum absolute atomic E-state index is 12.4. The molecule has 0 aliphatic carbocycles. The van der Waals surface area contributed by atoms with Crippen molar-refractivity contribution in [1.82, 2.24) is 9.62 Å². The number of carbonyl (C=O) groups excluding carboxylic acids is 1. The highest BCUT2D eigenvalue weighted by atomic mass is 32.2. The van der Waals surface area contributed by atoms with Gasteiger partial charge in [0.05, 0.1) is 9.82 Å². The predicted molar refractivity (Wildman–Crippen MR) is 101 cm³/mol. The Labute approximate surface area is 158 Å². The molecule has 2 aromatic carbocycles. The first-order valence-corrected chi connectivity index (χ1v) is 9.85. The maximum Gasteiger partial charge on any atom is 0.270 e. The van der Waals surface area contributed by atoms with Gasteiger partial charge in [0.25, 0.3) is 11.6 Å². The lowest BCUT2D eigenvalue weighted by molar-refractivity contribution is -0.384. The molecule has 0 bridgehead atoms. The maximum atomic E-state index is 12.4. The minimum Gasteiger partial charge on any atom is -0.348 e. The molecule has 0 spiro atoms. The van der Waals surface area contributed by atoms with Crippen molar-refractivity contribution in [2.75, 3.05) is 13.1 Å². The summed E-state index contributed by atoms with van der Waals surface area (Å²) in [6, 6.07) is 11.7. The van der Waals surface area contributed by atoms with Gasteiger partial charge in [-0.2, -0.15) is 4.31 Å². The van der Waals surface area contributed by atoms with Crippen LogP contribution in [0.15, 0.2) is 53.4 Å². The SMILES string of the molecule is CCN(CC)S(=O)(=O)c1ccc(CNC(=O)c2cccc([N+](=O)[O-])c2)cc1. The van der Waals surface area contributed by atoms with Crippen LogP contribution >= 0.6 is 0 Å². The van der Waals surface area contributed by atoms with Crippen LogP contribution in [0.2, 0.25) is 0 Å². The lowest BCUT2D eigenvalue weighted by Gasteiger charge is -2.18. The first kappa shape index (κ1) is 20.5. The molecule has 1 amide bonds. The van der Waals surface area contributed by atoms with Crippen molar-refractivity contribution in [3.63, 3.8) is 0 Å². The smallest absolute Gasteiger partial charge is 0.270 e. The summed E-state index contributed by atoms with van der Waals surface area (Å²) in [4.78, 5) is 22.6. The van der Waals surface area contributed by atoms with E-state index in [9.17, 15) is 23.3 Å². The van der Waals surface area contributed by atoms with Gasteiger partial charge in [-0.1, -0.05) is 32.0 Å². The number of hydrogen-bond acceptors (Lipinski definition) is 5. The molecule has 1 N–H and O–H groups in total. The fraction of sp³-hybridized carbons (Fsp3) is 0.278. The number of non-ortho nitro benzene ring substituents is 1. The summed E-state index contributed by atoms with van der Waals surface area (Å²) in [7, 11) is -3.52. The highest BCUT2D eigenvalue weighted by Gasteiger charge is 2.21. The summed E-state index contributed by atoms with van der Waals surface area (Å²) in [6.07, 6.45) is 0. The summed E-state index contributed by atoms with van der Waals surface area (Å²) >= 11 is 0. The molecule has 0 fully saturated rings. The monoisotopic (exact) mass is 391 g/mol. The molecule has 0 aliphatic heterocycles. The normalized spacial score (nSPS) is 11.4. The van der Waals surface area contributed by atoms with Crippen LogP contribution in [0, 0.1) is 10.1 Å². The van der Waals surface area contributed by atoms with Gasteiger partial charge in [0, 0.05) is 37.3 Å². The lowest BCUT2D eigenvalue weighted by Crippen LogP contribution is -2.30. The van der Waals surface area contributed by atoms with Gasteiger partial charge in [-0.15, -0.1) is 0 Å². The van der Waals surface area contributed by atoms with Crippen LogP contribution < -0.4 is 5.32 Å². The van der Waals surface area contributed by atoms with Gasteiger partial charge >= 0.3 is 0 Å². The van der Waals surface area contributed by atoms with E-state index < -0.39 is 20.9 Å². The Bertz CT molecular complexity index is 922. The Morgan fingerprint density at radius 3 is 2.30 bits per heavy atom. The van der Waals surface area contributed by atoms with Gasteiger partial charge in [0.15, 0.2) is 0 Å². The molecule has 0 aliphatic rings. The molecular weight excluding hydrogens is 370 g/mol. The second kappa shape index (κ2) is 8.74. The third-order valence-corrected chi connectivity index (χ3v) is 6.10. The summed E-state index contributed by atoms with van der Waals surface area (Å²) in [5.74, 6) is -0.446. The molecule has 27 heavy (non-hydrogen) atoms. The van der Waals surface area contributed by atoms with E-state index in [-0.39, 0.29) is 22.7 Å². The quantitative estimate of drug-likeness (QED) is 0.549. The van der Waals surface area contributed by atoms with Crippen LogP contribution in [0.4, 0.5) is 5.69 Å². The molecule has 0 unspecified atom stereocenters. The van der Waals surface area contributed by atoms with Crippen LogP contribution in [-0.2, 0) is 16.6 Å². The van der Waals surface area contributed by atoms with Crippen molar-refractivity contribution in [3.8, 4) is 0 Å². The lowest BCUT2D eigenvalue weighted by atomic mass is 10.1. The Hall–Kier alpha value is -2.78. The number of nitro benzene ring substituents is 1. The fourth-order valence-corrected chi connectivity index (χ4v) is 3.99. The molecule has 0 radical (unpaired) electrons. The molecule has 9 heteroatoms. The van der Waals surface area contributed by atoms with E-state index >= 15 is 0 Å². The minimum atomic E-state index is -3.52. The molecular formula is C18H21N3O5S. The highest BCUT2D eigenvalue weighted by molar-refractivity contribution is 7.89. The third kappa shape index (κ3) is 4.89. The van der Waals surface area contributed by atoms with Crippen LogP contribution in [0.1, 0.15) is 29.8 Å². The van der Waals surface area contributed by atoms with E-state index in [2.05, 4.69) is 5.32 Å². The number of nitrogens with zero attached hydrogens (tertiary/aromatic N) is 2. The van der Waals surface area contributed by atoms with Gasteiger partial charge in [0.1, 0.15) is 0 Å². The molecule has 0 heterocycles. The first-order valence-electron chi connectivity index (χ1n) is 8.41. The van der Waals surface area contributed by atoms with E-state index in [4.69, 9.17) is 0 Å². The average Bonchev–Trinajstić information content (AvgIpc) is 2.67. The largest absolute Gasteiger partial charge is 0.348 e. The second-order valence-electron chi connectivity index (χ2n) is 5.72. The highest BCUT2D eigenvalue weighted by Crippen LogP contribution is 2.17. The second-order valence-corrected chi connectivity index (χ2v) is 7.66. The standard InChI is InChI=1S/C18H21N3O5S/c1-3-20(4-2)27(25,26)17-10-8-14(9-11-17)13-19-18(22)15-6-5-7-16(12-15)21(23)24/h5-12H,3-4,13H2,1-2H3,(H,19,22). The number of sulfonamides is 1. The van der Waals surface area contributed by atoms with E-state index in [1.807, 2.05) is 0 Å². The van der Waals surface area contributed by atoms with Crippen molar-refractivity contribution in [1.29, 1.82) is 0 Å². The predicted octanol–water partition coefficient (Wildman–Crippen LogP) is 2.56. The van der Waals surface area contributed by atoms with Crippen molar-refractivity contribution in [2.45, 2.75) is 25.3 Å². The van der Waals surface area contributed by atoms with E-state index in [0.29, 0.717) is 18.7 Å². The molecule has 144 valence electrons. The molecule has 8 nitrogen and oxygen atoms in total. The molecule has 2 rings (SSSR count). The average molecular weight is 391 g/mol. The van der Waals surface area contributed by atoms with E-state index in [0.717, 1.165) is 0 Å². The van der Waals surface area contributed by atoms with Gasteiger partial charge in [0.2, 0.25) is 10.0 Å². The number of amides is 1. The van der Waals surface area contributed by atoms with Crippen molar-refractivity contribution in [3.05, 3.63) is 69.8 Å². The third-order valence-electron chi connectivity index (χ3n) is 4.04. The zero-order chi connectivity index (χ0) is 20.0. The van der Waals surface area contributed by atoms with Crippen molar-refractivity contribution < 1.29 is 18.1 Å². The zero-order valence-electron chi connectivity index (χ0n) is 15.1. The molecule has 0 atom stereocenters. The first-order chi connectivity index (χ1) is 12.8. The molecule has 0 saturated heterocycles. The number of nitrogens with one attached hydrogen (secondary N) is 1. The van der Waals surface area contributed by atoms with Crippen LogP contribution in [0.3, 0.4) is 0 Å². The Kier molecular flexibility index (Phi) is 6.65. The number of carbonyl (C=O) groups is 1. The summed E-state index contributed by atoms with van der Waals surface area (Å²) in [5, 5.41) is 13.4. The van der Waals surface area contributed by atoms with Crippen LogP contribution in [-0.4, -0.2) is 36.6 Å². The summed E-state index contributed by atoms with van der Waals surface area (Å²) in [5.41, 5.74) is 0.742. The van der Waals surface area contributed by atoms with E-state index in [1.165, 1.54) is 40.7 Å². The summed E-state index contributed by atoms with van der Waals surface area (Å²) < 4.78 is 26.3. The molecule has 0 aromatic heterocycles. The Morgan fingerprint density at radius 2 is 1.74 bits per heavy atom. The zero-order valence-corrected chi connectivity index (χ0v) is 15.9. The number of rotatable bonds is 8. The topological polar surface area (TPSA) is 110 Å². The van der Waals surface area contributed by atoms with Gasteiger partial charge in [-0.25, -0.2) is 8.42 Å². The Balaban J connectivity index is 2.06. The number of hydrogen-bond donors (Lipinski definition) is 1. The van der Waals surface area contributed by atoms with Gasteiger partial charge in [-0.3, -0.25) is 14.9 Å². The Morgan fingerprint density at radius 1 is 1.11 bits per heavy atom. The van der Waals surface area contributed by atoms with Gasteiger partial charge in [-0.05, 0) is 23.8 Å². The number of benzene rings is 2.